The quantitative estimate of drug-likeness (QED) is 0.589. The number of hydrogen-bond acceptors (Lipinski definition) is 6. The van der Waals surface area contributed by atoms with Gasteiger partial charge in [0.1, 0.15) is 17.2 Å². The summed E-state index contributed by atoms with van der Waals surface area (Å²) in [7, 11) is 1.18. The minimum absolute atomic E-state index is 0.265. The van der Waals surface area contributed by atoms with E-state index in [9.17, 15) is 0 Å². The third kappa shape index (κ3) is 2.97. The lowest BCUT2D eigenvalue weighted by Gasteiger charge is -2.14. The van der Waals surface area contributed by atoms with Gasteiger partial charge in [-0.3, -0.25) is 0 Å². The minimum Gasteiger partial charge on any atom is -0.512 e. The molecule has 88 valence electrons. The van der Waals surface area contributed by atoms with Crippen LogP contribution >= 0.6 is 11.8 Å². The van der Waals surface area contributed by atoms with E-state index in [1.807, 2.05) is 6.26 Å². The van der Waals surface area contributed by atoms with Gasteiger partial charge in [0.15, 0.2) is 0 Å². The van der Waals surface area contributed by atoms with Crippen molar-refractivity contribution < 1.29 is 24.2 Å². The summed E-state index contributed by atoms with van der Waals surface area (Å²) in [5, 5.41) is 17.4. The maximum Gasteiger partial charge on any atom is 0.707 e. The molecule has 1 aromatic carbocycles. The fourth-order valence-electron chi connectivity index (χ4n) is 1.25. The molecule has 0 aliphatic heterocycles. The average molecular weight is 244 g/mol. The van der Waals surface area contributed by atoms with Crippen LogP contribution in [-0.4, -0.2) is 37.8 Å². The Morgan fingerprint density at radius 2 is 1.62 bits per heavy atom. The molecule has 0 spiro atoms. The highest BCUT2D eigenvalue weighted by Crippen LogP contribution is 2.40. The zero-order chi connectivity index (χ0) is 12.1. The van der Waals surface area contributed by atoms with Crippen LogP contribution in [0.3, 0.4) is 0 Å². The van der Waals surface area contributed by atoms with Crippen molar-refractivity contribution in [2.45, 2.75) is 4.90 Å². The van der Waals surface area contributed by atoms with E-state index in [1.54, 1.807) is 12.1 Å². The smallest absolute Gasteiger partial charge is 0.512 e. The molecule has 16 heavy (non-hydrogen) atoms. The first-order chi connectivity index (χ1) is 7.62. The Morgan fingerprint density at radius 1 is 1.12 bits per heavy atom. The highest BCUT2D eigenvalue weighted by Gasteiger charge is 2.16. The summed E-state index contributed by atoms with van der Waals surface area (Å²) in [4.78, 5) is 0.824. The summed E-state index contributed by atoms with van der Waals surface area (Å²) in [6.07, 6.45) is 1.89. The molecule has 5 nitrogen and oxygen atoms in total. The van der Waals surface area contributed by atoms with E-state index >= 15 is 0 Å². The van der Waals surface area contributed by atoms with E-state index in [0.717, 1.165) is 4.90 Å². The third-order valence-electron chi connectivity index (χ3n) is 1.88. The van der Waals surface area contributed by atoms with Crippen molar-refractivity contribution >= 4 is 19.1 Å². The molecule has 0 aliphatic carbocycles. The van der Waals surface area contributed by atoms with E-state index in [4.69, 9.17) is 24.2 Å². The van der Waals surface area contributed by atoms with Crippen molar-refractivity contribution in [2.24, 2.45) is 0 Å². The van der Waals surface area contributed by atoms with Crippen LogP contribution in [0.25, 0.3) is 0 Å². The Bertz CT molecular complexity index is 333. The molecule has 0 aromatic heterocycles. The van der Waals surface area contributed by atoms with Crippen LogP contribution in [-0.2, 0) is 0 Å². The summed E-state index contributed by atoms with van der Waals surface area (Å²) >= 11 is 1.47. The molecule has 0 radical (unpaired) electrons. The molecule has 0 bridgehead atoms. The van der Waals surface area contributed by atoms with Crippen LogP contribution in [0.4, 0.5) is 0 Å². The highest BCUT2D eigenvalue weighted by atomic mass is 32.2. The predicted molar refractivity (Wildman–Crippen MR) is 62.1 cm³/mol. The minimum atomic E-state index is -1.87. The summed E-state index contributed by atoms with van der Waals surface area (Å²) in [5.74, 6) is 1.38. The highest BCUT2D eigenvalue weighted by molar-refractivity contribution is 7.98. The first kappa shape index (κ1) is 13.0. The maximum absolute atomic E-state index is 8.71. The molecule has 0 fully saturated rings. The summed E-state index contributed by atoms with van der Waals surface area (Å²) in [6.45, 7) is 0. The topological polar surface area (TPSA) is 68.2 Å². The van der Waals surface area contributed by atoms with E-state index in [1.165, 1.54) is 26.0 Å². The van der Waals surface area contributed by atoms with Crippen LogP contribution in [0.15, 0.2) is 17.0 Å². The molecule has 1 rings (SSSR count). The second-order valence-electron chi connectivity index (χ2n) is 2.81. The van der Waals surface area contributed by atoms with E-state index in [-0.39, 0.29) is 5.75 Å². The summed E-state index contributed by atoms with van der Waals surface area (Å²) in [5.41, 5.74) is 0. The lowest BCUT2D eigenvalue weighted by molar-refractivity contribution is 0.286. The Balaban J connectivity index is 3.15. The number of methoxy groups -OCH3 is 2. The zero-order valence-electron chi connectivity index (χ0n) is 9.26. The second-order valence-corrected chi connectivity index (χ2v) is 3.62. The fraction of sp³-hybridized carbons (Fsp3) is 0.333. The monoisotopic (exact) mass is 244 g/mol. The number of thioether (sulfide) groups is 1. The number of hydrogen-bond donors (Lipinski definition) is 2. The molecule has 2 N–H and O–H groups in total. The Morgan fingerprint density at radius 3 is 1.94 bits per heavy atom. The maximum atomic E-state index is 8.71. The molecule has 0 atom stereocenters. The van der Waals surface area contributed by atoms with Crippen molar-refractivity contribution in [1.82, 2.24) is 0 Å². The largest absolute Gasteiger partial charge is 0.707 e. The van der Waals surface area contributed by atoms with Gasteiger partial charge in [-0.25, -0.2) is 0 Å². The molecule has 0 aliphatic rings. The first-order valence-corrected chi connectivity index (χ1v) is 5.67. The lowest BCUT2D eigenvalue weighted by atomic mass is 10.2. The van der Waals surface area contributed by atoms with Crippen LogP contribution in [0.5, 0.6) is 17.2 Å². The Kier molecular flexibility index (Phi) is 4.79. The SMILES string of the molecule is COc1cc(OB(O)O)cc(OC)c1SC. The van der Waals surface area contributed by atoms with E-state index in [0.29, 0.717) is 11.5 Å². The Hall–Kier alpha value is -1.05. The van der Waals surface area contributed by atoms with E-state index in [2.05, 4.69) is 0 Å². The van der Waals surface area contributed by atoms with E-state index < -0.39 is 7.32 Å². The van der Waals surface area contributed by atoms with Crippen LogP contribution in [0.2, 0.25) is 0 Å². The van der Waals surface area contributed by atoms with Gasteiger partial charge in [0, 0.05) is 12.1 Å². The molecule has 0 heterocycles. The summed E-state index contributed by atoms with van der Waals surface area (Å²) in [6, 6.07) is 3.13. The zero-order valence-corrected chi connectivity index (χ0v) is 10.1. The summed E-state index contributed by atoms with van der Waals surface area (Å²) < 4.78 is 15.1. The van der Waals surface area contributed by atoms with Crippen LogP contribution in [0, 0.1) is 0 Å². The van der Waals surface area contributed by atoms with Crippen molar-refractivity contribution in [1.29, 1.82) is 0 Å². The second kappa shape index (κ2) is 5.88. The molecule has 1 aromatic rings. The van der Waals surface area contributed by atoms with Crippen molar-refractivity contribution in [3.05, 3.63) is 12.1 Å². The Labute approximate surface area is 98.5 Å². The van der Waals surface area contributed by atoms with Gasteiger partial charge in [0.2, 0.25) is 0 Å². The van der Waals surface area contributed by atoms with Gasteiger partial charge in [-0.15, -0.1) is 11.8 Å². The molecule has 0 saturated heterocycles. The van der Waals surface area contributed by atoms with Crippen molar-refractivity contribution in [3.63, 3.8) is 0 Å². The standard InChI is InChI=1S/C9H13BO5S/c1-13-7-4-6(15-10(11)12)5-8(14-2)9(7)16-3/h4-5,11-12H,1-3H3. The molecule has 0 saturated carbocycles. The van der Waals surface area contributed by atoms with Gasteiger partial charge in [-0.05, 0) is 6.26 Å². The van der Waals surface area contributed by atoms with Crippen molar-refractivity contribution in [2.75, 3.05) is 20.5 Å². The molecule has 0 unspecified atom stereocenters. The van der Waals surface area contributed by atoms with Gasteiger partial charge < -0.3 is 24.2 Å². The lowest BCUT2D eigenvalue weighted by Crippen LogP contribution is -2.20. The normalized spacial score (nSPS) is 9.81. The molecule has 7 heteroatoms. The van der Waals surface area contributed by atoms with Gasteiger partial charge >= 0.3 is 7.32 Å². The third-order valence-corrected chi connectivity index (χ3v) is 2.69. The van der Waals surface area contributed by atoms with Crippen molar-refractivity contribution in [3.8, 4) is 17.2 Å². The molecular formula is C9H13BO5S. The number of benzene rings is 1. The fourth-order valence-corrected chi connectivity index (χ4v) is 1.93. The van der Waals surface area contributed by atoms with Gasteiger partial charge in [0.25, 0.3) is 0 Å². The molecular weight excluding hydrogens is 231 g/mol. The first-order valence-electron chi connectivity index (χ1n) is 4.45. The van der Waals surface area contributed by atoms with Gasteiger partial charge in [0.05, 0.1) is 19.1 Å². The predicted octanol–water partition coefficient (Wildman–Crippen LogP) is 0.774. The average Bonchev–Trinajstić information content (AvgIpc) is 2.26. The molecule has 0 amide bonds. The van der Waals surface area contributed by atoms with Gasteiger partial charge in [-0.2, -0.15) is 0 Å². The van der Waals surface area contributed by atoms with Crippen LogP contribution in [0.1, 0.15) is 0 Å². The number of ether oxygens (including phenoxy) is 2. The van der Waals surface area contributed by atoms with Gasteiger partial charge in [-0.1, -0.05) is 0 Å². The van der Waals surface area contributed by atoms with Crippen LogP contribution < -0.4 is 14.1 Å². The number of rotatable bonds is 5.